The van der Waals surface area contributed by atoms with Crippen molar-refractivity contribution in [2.75, 3.05) is 33.4 Å². The van der Waals surface area contributed by atoms with Crippen LogP contribution in [0.15, 0.2) is 0 Å². The highest BCUT2D eigenvalue weighted by Crippen LogP contribution is 2.14. The third kappa shape index (κ3) is 7.25. The van der Waals surface area contributed by atoms with Crippen molar-refractivity contribution in [3.8, 4) is 0 Å². The molecule has 0 aromatic heterocycles. The average molecular weight is 274 g/mol. The molecule has 0 spiro atoms. The first-order valence-electron chi connectivity index (χ1n) is 7.53. The number of methoxy groups -OCH3 is 1. The quantitative estimate of drug-likeness (QED) is 0.604. The van der Waals surface area contributed by atoms with Crippen LogP contribution in [0.4, 0.5) is 0 Å². The van der Waals surface area contributed by atoms with E-state index >= 15 is 0 Å². The molecule has 0 amide bonds. The zero-order valence-corrected chi connectivity index (χ0v) is 13.7. The van der Waals surface area contributed by atoms with Crippen molar-refractivity contribution in [1.82, 2.24) is 10.2 Å². The van der Waals surface area contributed by atoms with Crippen molar-refractivity contribution in [3.05, 3.63) is 0 Å². The van der Waals surface area contributed by atoms with E-state index in [4.69, 9.17) is 4.74 Å². The largest absolute Gasteiger partial charge is 0.394 e. The minimum atomic E-state index is -0.259. The average Bonchev–Trinajstić information content (AvgIpc) is 2.36. The highest BCUT2D eigenvalue weighted by molar-refractivity contribution is 4.89. The molecular weight excluding hydrogens is 240 g/mol. The van der Waals surface area contributed by atoms with Gasteiger partial charge in [-0.3, -0.25) is 4.90 Å². The van der Waals surface area contributed by atoms with Gasteiger partial charge in [0.25, 0.3) is 0 Å². The van der Waals surface area contributed by atoms with Crippen LogP contribution < -0.4 is 5.32 Å². The summed E-state index contributed by atoms with van der Waals surface area (Å²) in [6.45, 7) is 13.4. The van der Waals surface area contributed by atoms with Crippen LogP contribution in [-0.2, 0) is 4.74 Å². The van der Waals surface area contributed by atoms with E-state index in [0.29, 0.717) is 12.1 Å². The van der Waals surface area contributed by atoms with Crippen LogP contribution in [0, 0.1) is 0 Å². The maximum atomic E-state index is 9.72. The van der Waals surface area contributed by atoms with E-state index in [0.717, 1.165) is 32.5 Å². The van der Waals surface area contributed by atoms with E-state index in [2.05, 4.69) is 44.8 Å². The van der Waals surface area contributed by atoms with E-state index in [1.54, 1.807) is 7.11 Å². The minimum Gasteiger partial charge on any atom is -0.394 e. The van der Waals surface area contributed by atoms with E-state index in [9.17, 15) is 5.11 Å². The number of aliphatic hydroxyl groups excluding tert-OH is 1. The van der Waals surface area contributed by atoms with Gasteiger partial charge in [-0.05, 0) is 19.8 Å². The summed E-state index contributed by atoms with van der Waals surface area (Å²) in [4.78, 5) is 2.44. The van der Waals surface area contributed by atoms with Gasteiger partial charge in [-0.2, -0.15) is 0 Å². The van der Waals surface area contributed by atoms with Gasteiger partial charge in [0.05, 0.1) is 18.8 Å². The number of ether oxygens (including phenoxy) is 1. The fraction of sp³-hybridized carbons (Fsp3) is 1.00. The molecule has 0 saturated heterocycles. The van der Waals surface area contributed by atoms with Crippen molar-refractivity contribution in [1.29, 1.82) is 0 Å². The Morgan fingerprint density at radius 3 is 2.21 bits per heavy atom. The molecule has 1 atom stereocenters. The molecule has 2 N–H and O–H groups in total. The van der Waals surface area contributed by atoms with Gasteiger partial charge < -0.3 is 15.2 Å². The third-order valence-electron chi connectivity index (χ3n) is 3.58. The smallest absolute Gasteiger partial charge is 0.0623 e. The fourth-order valence-corrected chi connectivity index (χ4v) is 2.69. The fourth-order valence-electron chi connectivity index (χ4n) is 2.69. The van der Waals surface area contributed by atoms with Gasteiger partial charge >= 0.3 is 0 Å². The molecule has 0 aliphatic rings. The molecule has 4 nitrogen and oxygen atoms in total. The molecule has 0 rings (SSSR count). The van der Waals surface area contributed by atoms with Crippen molar-refractivity contribution < 1.29 is 9.84 Å². The van der Waals surface area contributed by atoms with E-state index in [-0.39, 0.29) is 12.1 Å². The van der Waals surface area contributed by atoms with Crippen LogP contribution in [-0.4, -0.2) is 61.0 Å². The molecule has 1 unspecified atom stereocenters. The second-order valence-electron chi connectivity index (χ2n) is 5.95. The number of nitrogens with one attached hydrogen (secondary N) is 1. The topological polar surface area (TPSA) is 44.7 Å². The number of nitrogens with zero attached hydrogens (tertiary/aromatic N) is 1. The van der Waals surface area contributed by atoms with Crippen LogP contribution in [0.1, 0.15) is 47.5 Å². The van der Waals surface area contributed by atoms with Gasteiger partial charge in [-0.15, -0.1) is 0 Å². The minimum absolute atomic E-state index is 0.148. The molecule has 4 heteroatoms. The van der Waals surface area contributed by atoms with Gasteiger partial charge in [-0.25, -0.2) is 0 Å². The second kappa shape index (κ2) is 9.70. The Hall–Kier alpha value is -0.160. The summed E-state index contributed by atoms with van der Waals surface area (Å²) in [5.41, 5.74) is -0.259. The lowest BCUT2D eigenvalue weighted by Gasteiger charge is -2.40. The molecule has 0 heterocycles. The number of hydrogen-bond acceptors (Lipinski definition) is 4. The Morgan fingerprint density at radius 2 is 1.84 bits per heavy atom. The van der Waals surface area contributed by atoms with Crippen LogP contribution in [0.3, 0.4) is 0 Å². The molecule has 0 aliphatic heterocycles. The molecule has 0 aromatic rings. The van der Waals surface area contributed by atoms with Crippen molar-refractivity contribution in [2.45, 2.75) is 65.1 Å². The Bertz CT molecular complexity index is 220. The SMILES string of the molecule is CCC(CC)N(CCOC)CC(C)(CO)NC(C)C. The maximum Gasteiger partial charge on any atom is 0.0623 e. The lowest BCUT2D eigenvalue weighted by atomic mass is 9.99. The van der Waals surface area contributed by atoms with E-state index in [1.807, 2.05) is 0 Å². The Labute approximate surface area is 119 Å². The zero-order valence-electron chi connectivity index (χ0n) is 13.7. The van der Waals surface area contributed by atoms with Gasteiger partial charge in [0.15, 0.2) is 0 Å². The third-order valence-corrected chi connectivity index (χ3v) is 3.58. The lowest BCUT2D eigenvalue weighted by molar-refractivity contribution is 0.0633. The molecule has 19 heavy (non-hydrogen) atoms. The molecule has 0 aliphatic carbocycles. The van der Waals surface area contributed by atoms with Gasteiger partial charge in [-0.1, -0.05) is 27.7 Å². The zero-order chi connectivity index (χ0) is 14.9. The molecular formula is C15H34N2O2. The van der Waals surface area contributed by atoms with Gasteiger partial charge in [0.1, 0.15) is 0 Å². The number of aliphatic hydroxyl groups is 1. The maximum absolute atomic E-state index is 9.72. The first kappa shape index (κ1) is 18.8. The Kier molecular flexibility index (Phi) is 9.62. The number of rotatable bonds is 11. The first-order valence-corrected chi connectivity index (χ1v) is 7.53. The van der Waals surface area contributed by atoms with Crippen LogP contribution in [0.2, 0.25) is 0 Å². The summed E-state index contributed by atoms with van der Waals surface area (Å²) in [6.07, 6.45) is 2.26. The molecule has 0 radical (unpaired) electrons. The predicted octanol–water partition coefficient (Wildman–Crippen LogP) is 1.87. The molecule has 0 aromatic carbocycles. The molecule has 0 saturated carbocycles. The van der Waals surface area contributed by atoms with Gasteiger partial charge in [0.2, 0.25) is 0 Å². The van der Waals surface area contributed by atoms with Crippen molar-refractivity contribution in [2.24, 2.45) is 0 Å². The van der Waals surface area contributed by atoms with Crippen LogP contribution >= 0.6 is 0 Å². The summed E-state index contributed by atoms with van der Waals surface area (Å²) >= 11 is 0. The van der Waals surface area contributed by atoms with Crippen LogP contribution in [0.5, 0.6) is 0 Å². The Morgan fingerprint density at radius 1 is 1.26 bits per heavy atom. The summed E-state index contributed by atoms with van der Waals surface area (Å²) in [7, 11) is 1.74. The summed E-state index contributed by atoms with van der Waals surface area (Å²) in [6, 6.07) is 0.915. The standard InChI is InChI=1S/C15H34N2O2/c1-7-14(8-2)17(9-10-19-6)11-15(5,12-18)16-13(3)4/h13-14,16,18H,7-12H2,1-6H3. The number of hydrogen-bond donors (Lipinski definition) is 2. The molecule has 0 fully saturated rings. The van der Waals surface area contributed by atoms with Crippen LogP contribution in [0.25, 0.3) is 0 Å². The highest BCUT2D eigenvalue weighted by Gasteiger charge is 2.29. The lowest BCUT2D eigenvalue weighted by Crippen LogP contribution is -2.58. The van der Waals surface area contributed by atoms with Crippen molar-refractivity contribution in [3.63, 3.8) is 0 Å². The van der Waals surface area contributed by atoms with Crippen molar-refractivity contribution >= 4 is 0 Å². The summed E-state index contributed by atoms with van der Waals surface area (Å²) < 4.78 is 5.22. The summed E-state index contributed by atoms with van der Waals surface area (Å²) in [5, 5.41) is 13.2. The first-order chi connectivity index (χ1) is 8.92. The predicted molar refractivity (Wildman–Crippen MR) is 81.6 cm³/mol. The van der Waals surface area contributed by atoms with E-state index in [1.165, 1.54) is 0 Å². The molecule has 116 valence electrons. The molecule has 0 bridgehead atoms. The normalized spacial score (nSPS) is 15.5. The Balaban J connectivity index is 4.74. The van der Waals surface area contributed by atoms with Gasteiger partial charge in [0, 0.05) is 32.3 Å². The monoisotopic (exact) mass is 274 g/mol. The second-order valence-corrected chi connectivity index (χ2v) is 5.95. The van der Waals surface area contributed by atoms with E-state index < -0.39 is 0 Å². The highest BCUT2D eigenvalue weighted by atomic mass is 16.5. The summed E-state index contributed by atoms with van der Waals surface area (Å²) in [5.74, 6) is 0.